The van der Waals surface area contributed by atoms with Crippen molar-refractivity contribution in [2.24, 2.45) is 20.0 Å². The molecule has 45 heteroatoms. The van der Waals surface area contributed by atoms with E-state index < -0.39 is 310 Å². The molecule has 0 radical (unpaired) electrons. The van der Waals surface area contributed by atoms with E-state index in [4.69, 9.17) is 28.4 Å². The molecule has 0 aliphatic carbocycles. The molecule has 6 aliphatic heterocycles. The Morgan fingerprint density at radius 2 is 0.721 bits per heavy atom. The number of nitrogens with zero attached hydrogens (tertiary/aromatic N) is 8. The first kappa shape index (κ1) is 76.0. The van der Waals surface area contributed by atoms with Gasteiger partial charge in [0, 0.05) is 10.5 Å². The van der Waals surface area contributed by atoms with Crippen molar-refractivity contribution in [1.29, 1.82) is 0 Å². The molecule has 9 heterocycles. The first-order valence-electron chi connectivity index (χ1n) is 31.4. The Balaban J connectivity index is 1.32. The Kier molecular flexibility index (Phi) is 16.1. The van der Waals surface area contributed by atoms with E-state index in [2.05, 4.69) is 20.0 Å². The Morgan fingerprint density at radius 3 is 1.06 bits per heavy atom. The van der Waals surface area contributed by atoms with E-state index in [0.717, 1.165) is 27.7 Å². The van der Waals surface area contributed by atoms with Crippen molar-refractivity contribution in [3.05, 3.63) is 121 Å². The summed E-state index contributed by atoms with van der Waals surface area (Å²) in [6.45, 7) is 4.75. The number of hydrogen-bond acceptors (Lipinski definition) is 11. The molecule has 3 unspecified atom stereocenters. The number of aliphatic imine (C=N–C) groups is 2. The number of amidine groups is 4. The second-order valence-corrected chi connectivity index (χ2v) is 27.1. The van der Waals surface area contributed by atoms with Gasteiger partial charge in [-0.2, -0.15) is 115 Å². The van der Waals surface area contributed by atoms with Crippen LogP contribution in [0.2, 0.25) is 0 Å². The minimum Gasteiger partial charge on any atom is -0.489 e. The maximum absolute atomic E-state index is 17.4. The van der Waals surface area contributed by atoms with E-state index in [1.165, 1.54) is 0 Å². The van der Waals surface area contributed by atoms with Crippen molar-refractivity contribution in [3.63, 3.8) is 0 Å². The number of halogens is 30. The topological polar surface area (TPSA) is 121 Å². The third kappa shape index (κ3) is 10.8. The van der Waals surface area contributed by atoms with Gasteiger partial charge in [-0.25, -0.2) is 26.3 Å². The number of alkyl halides is 24. The lowest BCUT2D eigenvalue weighted by Crippen LogP contribution is -2.71. The summed E-state index contributed by atoms with van der Waals surface area (Å²) in [6, 6.07) is 0.639. The first-order chi connectivity index (χ1) is 51.1. The summed E-state index contributed by atoms with van der Waals surface area (Å²) < 4.78 is 508. The van der Waals surface area contributed by atoms with Crippen molar-refractivity contribution < 1.29 is 169 Å². The average Bonchev–Trinajstić information content (AvgIpc) is 1.45. The lowest BCUT2D eigenvalue weighted by molar-refractivity contribution is -0.790. The smallest absolute Gasteiger partial charge is 0.434 e. The number of allylic oxidation sites excluding steroid dienone is 1. The summed E-state index contributed by atoms with van der Waals surface area (Å²) in [4.78, 5) is 16.2. The van der Waals surface area contributed by atoms with Gasteiger partial charge in [-0.1, -0.05) is 20.0 Å². The minimum absolute atomic E-state index is 0.0452. The van der Waals surface area contributed by atoms with Crippen molar-refractivity contribution in [3.8, 4) is 34.5 Å². The van der Waals surface area contributed by atoms with Gasteiger partial charge in [-0.05, 0) is 90.9 Å². The van der Waals surface area contributed by atoms with Gasteiger partial charge >= 0.3 is 55.3 Å². The molecule has 0 fully saturated rings. The third-order valence-corrected chi connectivity index (χ3v) is 19.3. The zero-order valence-corrected chi connectivity index (χ0v) is 56.1. The average molecular weight is 1640 g/mol. The molecule has 14 nitrogen and oxygen atoms in total. The van der Waals surface area contributed by atoms with E-state index >= 15 is 119 Å². The highest BCUT2D eigenvalue weighted by Crippen LogP contribution is 2.63. The molecule has 0 amide bonds. The number of ether oxygens (including phenoxy) is 6. The molecule has 588 valence electrons. The fourth-order valence-electron chi connectivity index (χ4n) is 14.0. The monoisotopic (exact) mass is 1640 g/mol. The van der Waals surface area contributed by atoms with Gasteiger partial charge in [-0.15, -0.1) is 20.5 Å². The summed E-state index contributed by atoms with van der Waals surface area (Å²) >= 11 is -0.451. The maximum atomic E-state index is 17.4. The Bertz CT molecular complexity index is 5990. The minimum atomic E-state index is -6.90. The Hall–Kier alpha value is -10.4. The molecule has 0 saturated carbocycles. The summed E-state index contributed by atoms with van der Waals surface area (Å²) in [7, 11) is 0. The zero-order valence-electron chi connectivity index (χ0n) is 55.3. The number of thiophene rings is 1. The molecule has 6 aromatic carbocycles. The standard InChI is InChI=1S/C66H34F30N8O6S/c1-15(2)105-41-27-20(67)8-10-22(69)29(27)43(107-18(6)59(76,77)78)35-33(41)48-97-49-34-37(45(109-56(62(85,86)87)63(88,89)90)31-24(71)12-9-21(68)28(31)42(34)106-16(3)4)53-100-55-47-39(40(61(82,83)84)26(111-47)14-17(5)58(73,74)75)54-99-52-38-36(51-98-50(35)101(48)66(102(51)52,103(49)53)104(54)55)44(108-19(7)60(79,80)81)30-23(70)11-13-25(72)32(30)46(38)110-57(64(91,92)93)65(94,95)96/h8-16,18-19,56-57H,1-7H3/q+2/b17-14-. The predicted molar refractivity (Wildman–Crippen MR) is 325 cm³/mol. The van der Waals surface area contributed by atoms with Gasteiger partial charge < -0.3 is 28.4 Å². The highest BCUT2D eigenvalue weighted by molar-refractivity contribution is 7.21. The fraction of sp³-hybridized carbons (Fsp3) is 0.333. The van der Waals surface area contributed by atoms with E-state index in [1.807, 2.05) is 0 Å². The molecule has 0 N–H and O–H groups in total. The van der Waals surface area contributed by atoms with Crippen molar-refractivity contribution in [2.45, 2.75) is 140 Å². The molecule has 0 bridgehead atoms. The summed E-state index contributed by atoms with van der Waals surface area (Å²) in [5.41, 5.74) is -14.2. The largest absolute Gasteiger partial charge is 0.489 e. The molecule has 15 rings (SSSR count). The van der Waals surface area contributed by atoms with E-state index in [9.17, 15) is 13.2 Å². The van der Waals surface area contributed by atoms with Crippen LogP contribution < -0.4 is 39.4 Å². The molecule has 3 atom stereocenters. The van der Waals surface area contributed by atoms with Crippen LogP contribution in [0.3, 0.4) is 0 Å². The zero-order chi connectivity index (χ0) is 81.4. The molecular weight excluding hydrogens is 1600 g/mol. The lowest BCUT2D eigenvalue weighted by atomic mass is 9.96. The van der Waals surface area contributed by atoms with Gasteiger partial charge in [0.2, 0.25) is 22.6 Å². The van der Waals surface area contributed by atoms with Crippen LogP contribution in [0.1, 0.15) is 81.2 Å². The number of rotatable bonds is 13. The summed E-state index contributed by atoms with van der Waals surface area (Å²) in [5, 5.41) is -14.7. The van der Waals surface area contributed by atoms with Crippen LogP contribution in [0.5, 0.6) is 34.5 Å². The van der Waals surface area contributed by atoms with Gasteiger partial charge in [0.15, 0.2) is 12.2 Å². The molecule has 6 aliphatic rings. The van der Waals surface area contributed by atoms with Crippen LogP contribution in [0.4, 0.5) is 143 Å². The normalized spacial score (nSPS) is 17.6. The Morgan fingerprint density at radius 1 is 0.396 bits per heavy atom. The molecular formula is C66H34F30N8O6S+2. The quantitative estimate of drug-likeness (QED) is 0.0837. The summed E-state index contributed by atoms with van der Waals surface area (Å²) in [5.74, 6) is -37.1. The molecule has 111 heavy (non-hydrogen) atoms. The van der Waals surface area contributed by atoms with Crippen LogP contribution in [-0.2, 0) is 12.1 Å². The molecule has 3 aromatic heterocycles. The number of fused-ring (bicyclic) bond motifs is 15. The van der Waals surface area contributed by atoms with E-state index in [1.54, 1.807) is 0 Å². The van der Waals surface area contributed by atoms with Crippen LogP contribution in [0.15, 0.2) is 61.9 Å². The van der Waals surface area contributed by atoms with E-state index in [-0.39, 0.29) is 70.9 Å². The van der Waals surface area contributed by atoms with Gasteiger partial charge in [0.25, 0.3) is 35.6 Å². The number of hydrogen-bond donors (Lipinski definition) is 0. The van der Waals surface area contributed by atoms with Crippen LogP contribution in [-0.4, -0.2) is 121 Å². The second-order valence-electron chi connectivity index (χ2n) is 26.0. The maximum Gasteiger partial charge on any atom is 0.434 e. The van der Waals surface area contributed by atoms with Gasteiger partial charge in [0.05, 0.1) is 66.2 Å². The van der Waals surface area contributed by atoms with E-state index in [0.29, 0.717) is 10.6 Å². The number of benzene rings is 6. The highest BCUT2D eigenvalue weighted by Gasteiger charge is 2.73. The second kappa shape index (κ2) is 23.6. The predicted octanol–water partition coefficient (Wildman–Crippen LogP) is 19.0. The molecule has 9 aromatic rings. The van der Waals surface area contributed by atoms with Crippen LogP contribution in [0.25, 0.3) is 59.3 Å². The lowest BCUT2D eigenvalue weighted by Gasteiger charge is -2.40. The third-order valence-electron chi connectivity index (χ3n) is 18.2. The van der Waals surface area contributed by atoms with Crippen molar-refractivity contribution in [2.75, 3.05) is 0 Å². The molecule has 1 spiro atoms. The summed E-state index contributed by atoms with van der Waals surface area (Å²) in [6.07, 6.45) is -71.7. The van der Waals surface area contributed by atoms with Crippen molar-refractivity contribution >= 4 is 106 Å². The fourth-order valence-corrected chi connectivity index (χ4v) is 15.3. The number of aromatic nitrogens is 2. The van der Waals surface area contributed by atoms with Gasteiger partial charge in [0.1, 0.15) is 96.4 Å². The molecule has 0 saturated heterocycles. The SMILES string of the molecule is C/C(=C/c1sc2c3n4c(c2c1C(F)(F)F)N=C1c2c(c(OC(C)C(F)(F)F)c5c(F)ccc(F)c5c2OC(C(F)(F)F)C(F)(F)F)C2=[N+]1C41n4c(c5c(OC(C)C)c6c(F)ccc(F)c6c(OC(C)C(F)(F)F)c5c4=N2)=NC2=[N+]1C(=N3)c1c2c(OC(C)C)c2c(F)ccc(F)c2c1OC(C(F)(F)F)C(F)(F)F)C(F)(F)F. The first-order valence-corrected chi connectivity index (χ1v) is 32.3. The van der Waals surface area contributed by atoms with Crippen molar-refractivity contribution in [1.82, 2.24) is 9.13 Å². The van der Waals surface area contributed by atoms with Crippen LogP contribution in [0, 0.1) is 34.9 Å². The highest BCUT2D eigenvalue weighted by atomic mass is 32.1. The van der Waals surface area contributed by atoms with Crippen LogP contribution >= 0.6 is 11.3 Å². The Labute approximate surface area is 597 Å². The van der Waals surface area contributed by atoms with Gasteiger partial charge in [-0.3, -0.25) is 0 Å².